The highest BCUT2D eigenvalue weighted by molar-refractivity contribution is 7.14. The Morgan fingerprint density at radius 1 is 1.35 bits per heavy atom. The van der Waals surface area contributed by atoms with E-state index in [1.165, 1.54) is 11.3 Å². The quantitative estimate of drug-likeness (QED) is 0.481. The summed E-state index contributed by atoms with van der Waals surface area (Å²) in [6.07, 6.45) is 1.93. The van der Waals surface area contributed by atoms with E-state index in [-0.39, 0.29) is 18.0 Å². The molecule has 0 spiro atoms. The molecular weight excluding hydrogens is 280 g/mol. The highest BCUT2D eigenvalue weighted by Gasteiger charge is 2.13. The average molecular weight is 292 g/mol. The number of ketones is 1. The predicted octanol–water partition coefficient (Wildman–Crippen LogP) is 2.26. The molecule has 0 unspecified atom stereocenters. The van der Waals surface area contributed by atoms with Gasteiger partial charge in [-0.1, -0.05) is 6.92 Å². The normalized spacial score (nSPS) is 10.4. The third kappa shape index (κ3) is 3.00. The maximum Gasteiger partial charge on any atom is 0.285 e. The van der Waals surface area contributed by atoms with Gasteiger partial charge in [0.1, 0.15) is 0 Å². The summed E-state index contributed by atoms with van der Waals surface area (Å²) in [5.74, 6) is -0.225. The van der Waals surface area contributed by atoms with Crippen molar-refractivity contribution in [2.75, 3.05) is 0 Å². The first-order valence-electron chi connectivity index (χ1n) is 5.98. The van der Waals surface area contributed by atoms with Crippen LogP contribution in [0.5, 0.6) is 0 Å². The standard InChI is InChI=1S/C13H12N2O4S/c1-2-10-4-5-12(20-10)11(16)8-14-7-9(15(18)19)3-6-13(14)17/h3-7H,2,8H2,1H3. The molecule has 2 aromatic heterocycles. The van der Waals surface area contributed by atoms with Crippen molar-refractivity contribution in [3.8, 4) is 0 Å². The monoisotopic (exact) mass is 292 g/mol. The van der Waals surface area contributed by atoms with Gasteiger partial charge in [-0.3, -0.25) is 19.7 Å². The summed E-state index contributed by atoms with van der Waals surface area (Å²) in [4.78, 5) is 35.4. The van der Waals surface area contributed by atoms with Gasteiger partial charge in [0.15, 0.2) is 5.78 Å². The molecule has 0 saturated heterocycles. The molecule has 2 aromatic rings. The fraction of sp³-hybridized carbons (Fsp3) is 0.231. The van der Waals surface area contributed by atoms with Gasteiger partial charge >= 0.3 is 0 Å². The molecule has 104 valence electrons. The number of rotatable bonds is 5. The summed E-state index contributed by atoms with van der Waals surface area (Å²) in [5, 5.41) is 10.7. The Labute approximate surface area is 118 Å². The van der Waals surface area contributed by atoms with Crippen molar-refractivity contribution in [1.29, 1.82) is 0 Å². The second-order valence-electron chi connectivity index (χ2n) is 4.15. The van der Waals surface area contributed by atoms with Crippen LogP contribution in [0, 0.1) is 10.1 Å². The summed E-state index contributed by atoms with van der Waals surface area (Å²) in [7, 11) is 0. The summed E-state index contributed by atoms with van der Waals surface area (Å²) in [6, 6.07) is 5.81. The van der Waals surface area contributed by atoms with Crippen LogP contribution in [0.15, 0.2) is 35.3 Å². The number of aromatic nitrogens is 1. The number of aryl methyl sites for hydroxylation is 1. The van der Waals surface area contributed by atoms with Crippen molar-refractivity contribution in [3.05, 3.63) is 60.7 Å². The van der Waals surface area contributed by atoms with Crippen molar-refractivity contribution in [2.24, 2.45) is 0 Å². The van der Waals surface area contributed by atoms with Gasteiger partial charge in [0, 0.05) is 17.0 Å². The van der Waals surface area contributed by atoms with Crippen LogP contribution in [0.25, 0.3) is 0 Å². The molecule has 0 radical (unpaired) electrons. The van der Waals surface area contributed by atoms with Crippen LogP contribution in [0.3, 0.4) is 0 Å². The number of hydrogen-bond donors (Lipinski definition) is 0. The maximum absolute atomic E-state index is 12.1. The fourth-order valence-electron chi connectivity index (χ4n) is 1.70. The van der Waals surface area contributed by atoms with Crippen molar-refractivity contribution >= 4 is 22.8 Å². The van der Waals surface area contributed by atoms with Crippen LogP contribution < -0.4 is 5.56 Å². The van der Waals surface area contributed by atoms with Crippen LogP contribution in [0.2, 0.25) is 0 Å². The number of thiophene rings is 1. The molecule has 0 aliphatic carbocycles. The summed E-state index contributed by atoms with van der Waals surface area (Å²) in [5.41, 5.74) is -0.644. The van der Waals surface area contributed by atoms with E-state index in [0.29, 0.717) is 4.88 Å². The summed E-state index contributed by atoms with van der Waals surface area (Å²) >= 11 is 1.38. The minimum absolute atomic E-state index is 0.190. The van der Waals surface area contributed by atoms with Crippen LogP contribution in [0.1, 0.15) is 21.5 Å². The number of nitro groups is 1. The molecule has 7 heteroatoms. The molecule has 0 aliphatic heterocycles. The van der Waals surface area contributed by atoms with E-state index in [1.807, 2.05) is 13.0 Å². The molecule has 2 heterocycles. The van der Waals surface area contributed by atoms with Gasteiger partial charge in [0.05, 0.1) is 22.5 Å². The minimum atomic E-state index is -0.596. The first-order chi connectivity index (χ1) is 9.51. The number of carbonyl (C=O) groups excluding carboxylic acids is 1. The Morgan fingerprint density at radius 3 is 2.70 bits per heavy atom. The molecule has 0 fully saturated rings. The van der Waals surface area contributed by atoms with Crippen molar-refractivity contribution in [2.45, 2.75) is 19.9 Å². The van der Waals surface area contributed by atoms with E-state index in [2.05, 4.69) is 0 Å². The van der Waals surface area contributed by atoms with E-state index >= 15 is 0 Å². The van der Waals surface area contributed by atoms with E-state index in [0.717, 1.165) is 34.2 Å². The first-order valence-corrected chi connectivity index (χ1v) is 6.79. The largest absolute Gasteiger partial charge is 0.301 e. The lowest BCUT2D eigenvalue weighted by atomic mass is 10.3. The second-order valence-corrected chi connectivity index (χ2v) is 5.32. The van der Waals surface area contributed by atoms with Gasteiger partial charge in [0.25, 0.3) is 11.2 Å². The Hall–Kier alpha value is -2.28. The highest BCUT2D eigenvalue weighted by Crippen LogP contribution is 2.18. The molecule has 0 aliphatic rings. The van der Waals surface area contributed by atoms with Crippen LogP contribution in [0.4, 0.5) is 5.69 Å². The van der Waals surface area contributed by atoms with Gasteiger partial charge in [0.2, 0.25) is 0 Å². The number of hydrogen-bond acceptors (Lipinski definition) is 5. The number of carbonyl (C=O) groups is 1. The number of Topliss-reactive ketones (excluding diaryl/α,β-unsaturated/α-hetero) is 1. The molecule has 2 rings (SSSR count). The SMILES string of the molecule is CCc1ccc(C(=O)Cn2cc([N+](=O)[O-])ccc2=O)s1. The van der Waals surface area contributed by atoms with E-state index < -0.39 is 10.5 Å². The zero-order valence-electron chi connectivity index (χ0n) is 10.7. The topological polar surface area (TPSA) is 82.2 Å². The van der Waals surface area contributed by atoms with Gasteiger partial charge in [-0.05, 0) is 18.6 Å². The Kier molecular flexibility index (Phi) is 4.09. The molecule has 0 N–H and O–H groups in total. The smallest absolute Gasteiger partial charge is 0.285 e. The van der Waals surface area contributed by atoms with E-state index in [4.69, 9.17) is 0 Å². The minimum Gasteiger partial charge on any atom is -0.301 e. The lowest BCUT2D eigenvalue weighted by Crippen LogP contribution is -2.23. The fourth-order valence-corrected chi connectivity index (χ4v) is 2.58. The molecule has 0 bridgehead atoms. The maximum atomic E-state index is 12.1. The molecule has 0 aromatic carbocycles. The van der Waals surface area contributed by atoms with Gasteiger partial charge < -0.3 is 4.57 Å². The summed E-state index contributed by atoms with van der Waals surface area (Å²) in [6.45, 7) is 1.80. The van der Waals surface area contributed by atoms with Crippen LogP contribution >= 0.6 is 11.3 Å². The molecule has 6 nitrogen and oxygen atoms in total. The van der Waals surface area contributed by atoms with Gasteiger partial charge in [-0.2, -0.15) is 0 Å². The third-order valence-corrected chi connectivity index (χ3v) is 4.05. The lowest BCUT2D eigenvalue weighted by Gasteiger charge is -2.03. The van der Waals surface area contributed by atoms with Crippen molar-refractivity contribution in [3.63, 3.8) is 0 Å². The molecular formula is C13H12N2O4S. The van der Waals surface area contributed by atoms with Gasteiger partial charge in [-0.15, -0.1) is 11.3 Å². The van der Waals surface area contributed by atoms with Gasteiger partial charge in [-0.25, -0.2) is 0 Å². The number of pyridine rings is 1. The molecule has 0 saturated carbocycles. The van der Waals surface area contributed by atoms with E-state index in [1.54, 1.807) is 6.07 Å². The average Bonchev–Trinajstić information content (AvgIpc) is 2.89. The molecule has 0 amide bonds. The highest BCUT2D eigenvalue weighted by atomic mass is 32.1. The first kappa shape index (κ1) is 14.1. The van der Waals surface area contributed by atoms with Crippen molar-refractivity contribution in [1.82, 2.24) is 4.57 Å². The Morgan fingerprint density at radius 2 is 2.10 bits per heavy atom. The van der Waals surface area contributed by atoms with Crippen molar-refractivity contribution < 1.29 is 9.72 Å². The number of nitrogens with zero attached hydrogens (tertiary/aromatic N) is 2. The Bertz CT molecular complexity index is 717. The second kappa shape index (κ2) is 5.79. The zero-order chi connectivity index (χ0) is 14.7. The lowest BCUT2D eigenvalue weighted by molar-refractivity contribution is -0.385. The zero-order valence-corrected chi connectivity index (χ0v) is 11.6. The molecule has 20 heavy (non-hydrogen) atoms. The van der Waals surface area contributed by atoms with E-state index in [9.17, 15) is 19.7 Å². The Balaban J connectivity index is 2.25. The van der Waals surface area contributed by atoms with Crippen LogP contribution in [-0.2, 0) is 13.0 Å². The summed E-state index contributed by atoms with van der Waals surface area (Å²) < 4.78 is 1.06. The predicted molar refractivity (Wildman–Crippen MR) is 75.4 cm³/mol. The van der Waals surface area contributed by atoms with Crippen LogP contribution in [-0.4, -0.2) is 15.3 Å². The molecule has 0 atom stereocenters. The third-order valence-electron chi connectivity index (χ3n) is 2.78.